The van der Waals surface area contributed by atoms with Crippen LogP contribution in [0, 0.1) is 5.82 Å². The van der Waals surface area contributed by atoms with E-state index < -0.39 is 29.4 Å². The number of anilines is 1. The van der Waals surface area contributed by atoms with E-state index in [1.807, 2.05) is 0 Å². The Balaban J connectivity index is 2.03. The number of benzene rings is 1. The van der Waals surface area contributed by atoms with Crippen LogP contribution >= 0.6 is 23.2 Å². The van der Waals surface area contributed by atoms with Gasteiger partial charge in [-0.1, -0.05) is 29.3 Å². The molecule has 2 rings (SSSR count). The molecule has 2 aromatic rings. The van der Waals surface area contributed by atoms with Crippen molar-refractivity contribution in [2.45, 2.75) is 13.0 Å². The molecule has 1 aromatic heterocycles. The lowest BCUT2D eigenvalue weighted by Gasteiger charge is -2.14. The van der Waals surface area contributed by atoms with Crippen LogP contribution in [0.25, 0.3) is 0 Å². The smallest absolute Gasteiger partial charge is 0.343 e. The van der Waals surface area contributed by atoms with Crippen molar-refractivity contribution in [1.82, 2.24) is 4.98 Å². The third-order valence-electron chi connectivity index (χ3n) is 2.80. The maximum Gasteiger partial charge on any atom is 0.343 e. The van der Waals surface area contributed by atoms with Crippen molar-refractivity contribution in [3.8, 4) is 0 Å². The van der Waals surface area contributed by atoms with Crippen molar-refractivity contribution < 1.29 is 18.7 Å². The molecule has 23 heavy (non-hydrogen) atoms. The number of nitrogens with zero attached hydrogens (tertiary/aromatic N) is 1. The number of carbonyl (C=O) groups is 2. The second-order valence-corrected chi connectivity index (χ2v) is 5.34. The predicted octanol–water partition coefficient (Wildman–Crippen LogP) is 3.71. The Morgan fingerprint density at radius 3 is 2.61 bits per heavy atom. The minimum atomic E-state index is -1.17. The van der Waals surface area contributed by atoms with Crippen LogP contribution in [0.2, 0.25) is 10.0 Å². The van der Waals surface area contributed by atoms with E-state index in [1.54, 1.807) is 6.07 Å². The molecule has 1 unspecified atom stereocenters. The number of amides is 1. The van der Waals surface area contributed by atoms with Crippen LogP contribution in [0.5, 0.6) is 0 Å². The Morgan fingerprint density at radius 2 is 2.00 bits per heavy atom. The van der Waals surface area contributed by atoms with Crippen LogP contribution in [-0.2, 0) is 9.53 Å². The third-order valence-corrected chi connectivity index (χ3v) is 3.34. The average molecular weight is 357 g/mol. The number of halogens is 3. The molecule has 0 aliphatic carbocycles. The Bertz CT molecular complexity index is 718. The molecule has 0 saturated heterocycles. The summed E-state index contributed by atoms with van der Waals surface area (Å²) in [6, 6.07) is 6.81. The van der Waals surface area contributed by atoms with E-state index in [9.17, 15) is 14.0 Å². The molecule has 1 amide bonds. The maximum absolute atomic E-state index is 13.6. The van der Waals surface area contributed by atoms with Gasteiger partial charge in [0, 0.05) is 6.20 Å². The molecule has 5 nitrogen and oxygen atoms in total. The first-order chi connectivity index (χ1) is 10.9. The number of ether oxygens (including phenoxy) is 1. The summed E-state index contributed by atoms with van der Waals surface area (Å²) >= 11 is 11.5. The zero-order chi connectivity index (χ0) is 17.0. The summed E-state index contributed by atoms with van der Waals surface area (Å²) in [5.74, 6) is -2.24. The summed E-state index contributed by atoms with van der Waals surface area (Å²) in [6.45, 7) is 1.35. The first-order valence-electron chi connectivity index (χ1n) is 6.46. The maximum atomic E-state index is 13.6. The molecule has 1 aromatic carbocycles. The standard InChI is InChI=1S/C15H11Cl2FN2O3/c1-8(14(21)20-12-6-5-9(16)7-19-12)23-15(22)13-10(17)3-2-4-11(13)18/h2-8H,1H3,(H,19,20,21). The van der Waals surface area contributed by atoms with Crippen LogP contribution in [-0.4, -0.2) is 23.0 Å². The quantitative estimate of drug-likeness (QED) is 0.847. The highest BCUT2D eigenvalue weighted by Crippen LogP contribution is 2.20. The molecule has 0 radical (unpaired) electrons. The lowest BCUT2D eigenvalue weighted by Crippen LogP contribution is -2.30. The SMILES string of the molecule is CC(OC(=O)c1c(F)cccc1Cl)C(=O)Nc1ccc(Cl)cn1. The molecule has 0 fully saturated rings. The third kappa shape index (κ3) is 4.40. The molecule has 0 aliphatic rings. The van der Waals surface area contributed by atoms with E-state index >= 15 is 0 Å². The Kier molecular flexibility index (Phi) is 5.52. The van der Waals surface area contributed by atoms with E-state index in [1.165, 1.54) is 31.3 Å². The van der Waals surface area contributed by atoms with E-state index in [0.717, 1.165) is 6.07 Å². The number of pyridine rings is 1. The molecule has 0 saturated carbocycles. The molecular formula is C15H11Cl2FN2O3. The number of aromatic nitrogens is 1. The van der Waals surface area contributed by atoms with Crippen LogP contribution in [0.15, 0.2) is 36.5 Å². The van der Waals surface area contributed by atoms with Gasteiger partial charge >= 0.3 is 5.97 Å². The van der Waals surface area contributed by atoms with Gasteiger partial charge in [-0.25, -0.2) is 14.2 Å². The second kappa shape index (κ2) is 7.39. The minimum Gasteiger partial charge on any atom is -0.449 e. The summed E-state index contributed by atoms with van der Waals surface area (Å²) in [6.07, 6.45) is 0.183. The van der Waals surface area contributed by atoms with Crippen LogP contribution < -0.4 is 5.32 Å². The summed E-state index contributed by atoms with van der Waals surface area (Å²) in [7, 11) is 0. The number of nitrogens with one attached hydrogen (secondary N) is 1. The number of esters is 1. The molecule has 1 N–H and O–H groups in total. The number of rotatable bonds is 4. The van der Waals surface area contributed by atoms with Crippen molar-refractivity contribution in [1.29, 1.82) is 0 Å². The summed E-state index contributed by atoms with van der Waals surface area (Å²) < 4.78 is 18.6. The van der Waals surface area contributed by atoms with Gasteiger partial charge in [0.2, 0.25) is 0 Å². The monoisotopic (exact) mass is 356 g/mol. The zero-order valence-electron chi connectivity index (χ0n) is 11.8. The Labute approximate surface area is 141 Å². The topological polar surface area (TPSA) is 68.3 Å². The van der Waals surface area contributed by atoms with Crippen molar-refractivity contribution in [2.75, 3.05) is 5.32 Å². The number of hydrogen-bond donors (Lipinski definition) is 1. The van der Waals surface area contributed by atoms with Gasteiger partial charge in [0.05, 0.1) is 10.0 Å². The molecule has 0 spiro atoms. The van der Waals surface area contributed by atoms with Crippen LogP contribution in [0.4, 0.5) is 10.2 Å². The Morgan fingerprint density at radius 1 is 1.26 bits per heavy atom. The Hall–Kier alpha value is -2.18. The van der Waals surface area contributed by atoms with Crippen molar-refractivity contribution >= 4 is 40.9 Å². The first-order valence-corrected chi connectivity index (χ1v) is 7.21. The van der Waals surface area contributed by atoms with Gasteiger partial charge in [-0.2, -0.15) is 0 Å². The highest BCUT2D eigenvalue weighted by Gasteiger charge is 2.23. The van der Waals surface area contributed by atoms with Gasteiger partial charge in [0.1, 0.15) is 17.2 Å². The molecule has 1 atom stereocenters. The molecule has 120 valence electrons. The van der Waals surface area contributed by atoms with Gasteiger partial charge in [-0.15, -0.1) is 0 Å². The van der Waals surface area contributed by atoms with Gasteiger partial charge in [-0.3, -0.25) is 4.79 Å². The lowest BCUT2D eigenvalue weighted by atomic mass is 10.2. The average Bonchev–Trinajstić information content (AvgIpc) is 2.49. The zero-order valence-corrected chi connectivity index (χ0v) is 13.4. The fourth-order valence-corrected chi connectivity index (χ4v) is 2.00. The predicted molar refractivity (Wildman–Crippen MR) is 84.2 cm³/mol. The molecule has 0 aliphatic heterocycles. The van der Waals surface area contributed by atoms with Gasteiger partial charge in [-0.05, 0) is 31.2 Å². The van der Waals surface area contributed by atoms with Crippen LogP contribution in [0.1, 0.15) is 17.3 Å². The molecule has 0 bridgehead atoms. The minimum absolute atomic E-state index is 0.0954. The van der Waals surface area contributed by atoms with Crippen molar-refractivity contribution in [3.05, 3.63) is 58.0 Å². The highest BCUT2D eigenvalue weighted by molar-refractivity contribution is 6.33. The molecule has 8 heteroatoms. The summed E-state index contributed by atoms with van der Waals surface area (Å²) in [5.41, 5.74) is -0.418. The largest absolute Gasteiger partial charge is 0.449 e. The number of hydrogen-bond acceptors (Lipinski definition) is 4. The van der Waals surface area contributed by atoms with E-state index in [-0.39, 0.29) is 10.8 Å². The fourth-order valence-electron chi connectivity index (χ4n) is 1.64. The van der Waals surface area contributed by atoms with Crippen LogP contribution in [0.3, 0.4) is 0 Å². The van der Waals surface area contributed by atoms with Crippen molar-refractivity contribution in [3.63, 3.8) is 0 Å². The summed E-state index contributed by atoms with van der Waals surface area (Å²) in [4.78, 5) is 27.8. The molecule has 1 heterocycles. The van der Waals surface area contributed by atoms with Gasteiger partial charge in [0.15, 0.2) is 6.10 Å². The normalized spacial score (nSPS) is 11.7. The lowest BCUT2D eigenvalue weighted by molar-refractivity contribution is -0.123. The van der Waals surface area contributed by atoms with Gasteiger partial charge in [0.25, 0.3) is 5.91 Å². The number of carbonyl (C=O) groups excluding carboxylic acids is 2. The highest BCUT2D eigenvalue weighted by atomic mass is 35.5. The molecular weight excluding hydrogens is 346 g/mol. The van der Waals surface area contributed by atoms with E-state index in [2.05, 4.69) is 10.3 Å². The first kappa shape index (κ1) is 17.2. The fraction of sp³-hybridized carbons (Fsp3) is 0.133. The van der Waals surface area contributed by atoms with Crippen molar-refractivity contribution in [2.24, 2.45) is 0 Å². The van der Waals surface area contributed by atoms with Gasteiger partial charge < -0.3 is 10.1 Å². The van der Waals surface area contributed by atoms with E-state index in [4.69, 9.17) is 27.9 Å². The van der Waals surface area contributed by atoms with E-state index in [0.29, 0.717) is 5.02 Å². The summed E-state index contributed by atoms with van der Waals surface area (Å²) in [5, 5.41) is 2.76. The second-order valence-electron chi connectivity index (χ2n) is 4.50.